The first kappa shape index (κ1) is 17.5. The van der Waals surface area contributed by atoms with Gasteiger partial charge in [-0.05, 0) is 6.42 Å². The Bertz CT molecular complexity index is 606. The molecule has 0 spiro atoms. The van der Waals surface area contributed by atoms with Crippen molar-refractivity contribution in [1.82, 2.24) is 25.7 Å². The first-order valence-corrected chi connectivity index (χ1v) is 7.26. The number of nitrogens with two attached hydrogens (primary N) is 1. The lowest BCUT2D eigenvalue weighted by molar-refractivity contribution is 0.0146. The van der Waals surface area contributed by atoms with E-state index in [4.69, 9.17) is 19.9 Å². The topological polar surface area (TPSA) is 160 Å². The van der Waals surface area contributed by atoms with Crippen LogP contribution in [-0.2, 0) is 20.6 Å². The van der Waals surface area contributed by atoms with Gasteiger partial charge in [-0.3, -0.25) is 9.13 Å². The Hall–Kier alpha value is -1.58. The molecule has 0 fully saturated rings. The van der Waals surface area contributed by atoms with Crippen molar-refractivity contribution in [1.29, 1.82) is 0 Å². The molecule has 0 saturated carbocycles. The van der Waals surface area contributed by atoms with Gasteiger partial charge >= 0.3 is 8.25 Å². The van der Waals surface area contributed by atoms with E-state index >= 15 is 0 Å². The summed E-state index contributed by atoms with van der Waals surface area (Å²) in [6.45, 7) is 2.24. The summed E-state index contributed by atoms with van der Waals surface area (Å²) in [5.41, 5.74) is 6.76. The molecule has 0 radical (unpaired) electrons. The summed E-state index contributed by atoms with van der Waals surface area (Å²) in [7, 11) is -2.95. The molecule has 0 amide bonds. The molecule has 2 atom stereocenters. The molecule has 0 aliphatic rings. The quantitative estimate of drug-likeness (QED) is 0.624. The largest absolute Gasteiger partial charge is 0.382 e. The molecule has 0 aromatic carbocycles. The van der Waals surface area contributed by atoms with Crippen LogP contribution in [0.5, 0.6) is 0 Å². The molecular formula is C10H19N6O4P. The van der Waals surface area contributed by atoms with Crippen LogP contribution in [0.25, 0.3) is 11.2 Å². The minimum Gasteiger partial charge on any atom is -0.382 e. The highest BCUT2D eigenvalue weighted by molar-refractivity contribution is 7.32. The average molecular weight is 318 g/mol. The summed E-state index contributed by atoms with van der Waals surface area (Å²) in [6, 6.07) is 0. The fourth-order valence-electron chi connectivity index (χ4n) is 1.65. The number of nitrogens with zero attached hydrogens (tertiary/aromatic N) is 4. The molecule has 2 unspecified atom stereocenters. The Kier molecular flexibility index (Phi) is 6.66. The molecule has 2 aromatic heterocycles. The number of ether oxygens (including phenoxy) is 1. The van der Waals surface area contributed by atoms with Crippen molar-refractivity contribution >= 4 is 25.2 Å². The summed E-state index contributed by atoms with van der Waals surface area (Å²) in [5, 5.41) is 0. The minimum absolute atomic E-state index is 0. The Morgan fingerprint density at radius 2 is 2.24 bits per heavy atom. The fourth-order valence-corrected chi connectivity index (χ4v) is 2.17. The van der Waals surface area contributed by atoms with Crippen LogP contribution in [0.3, 0.4) is 0 Å². The molecule has 0 aliphatic carbocycles. The number of aromatic nitrogens is 4. The predicted molar refractivity (Wildman–Crippen MR) is 77.1 cm³/mol. The van der Waals surface area contributed by atoms with Gasteiger partial charge in [0.2, 0.25) is 0 Å². The number of imidazole rings is 1. The Balaban J connectivity index is 0.00000220. The van der Waals surface area contributed by atoms with E-state index < -0.39 is 14.4 Å². The molecule has 0 saturated heterocycles. The van der Waals surface area contributed by atoms with Crippen LogP contribution in [0, 0.1) is 0 Å². The van der Waals surface area contributed by atoms with Crippen molar-refractivity contribution < 1.29 is 18.7 Å². The molecule has 2 rings (SSSR count). The highest BCUT2D eigenvalue weighted by Gasteiger charge is 2.11. The van der Waals surface area contributed by atoms with E-state index in [-0.39, 0.29) is 19.5 Å². The normalized spacial score (nSPS) is 13.8. The third-order valence-corrected chi connectivity index (χ3v) is 3.22. The average Bonchev–Trinajstić information content (AvgIpc) is 2.82. The fraction of sp³-hybridized carbons (Fsp3) is 0.500. The van der Waals surface area contributed by atoms with Crippen LogP contribution in [0.1, 0.15) is 13.3 Å². The van der Waals surface area contributed by atoms with Crippen LogP contribution in [0.15, 0.2) is 12.7 Å². The zero-order valence-electron chi connectivity index (χ0n) is 11.6. The molecule has 2 heterocycles. The lowest BCUT2D eigenvalue weighted by Gasteiger charge is -2.14. The zero-order valence-corrected chi connectivity index (χ0v) is 12.6. The van der Waals surface area contributed by atoms with Gasteiger partial charge in [0.1, 0.15) is 18.6 Å². The molecule has 10 nitrogen and oxygen atoms in total. The van der Waals surface area contributed by atoms with Gasteiger partial charge in [-0.25, -0.2) is 15.0 Å². The van der Waals surface area contributed by atoms with Gasteiger partial charge < -0.3 is 26.0 Å². The molecule has 0 aliphatic heterocycles. The molecule has 6 N–H and O–H groups in total. The second-order valence-corrected chi connectivity index (χ2v) is 4.83. The highest BCUT2D eigenvalue weighted by Crippen LogP contribution is 2.20. The molecule has 21 heavy (non-hydrogen) atoms. The van der Waals surface area contributed by atoms with Gasteiger partial charge in [-0.2, -0.15) is 0 Å². The van der Waals surface area contributed by atoms with E-state index in [1.165, 1.54) is 6.33 Å². The van der Waals surface area contributed by atoms with Gasteiger partial charge in [0.25, 0.3) is 0 Å². The Labute approximate surface area is 121 Å². The van der Waals surface area contributed by atoms with Crippen molar-refractivity contribution in [3.8, 4) is 0 Å². The number of anilines is 1. The van der Waals surface area contributed by atoms with Gasteiger partial charge in [0, 0.05) is 0 Å². The number of nitrogen functional groups attached to an aromatic ring is 1. The van der Waals surface area contributed by atoms with Crippen LogP contribution in [0.2, 0.25) is 0 Å². The lowest BCUT2D eigenvalue weighted by atomic mass is 10.3. The Morgan fingerprint density at radius 1 is 1.48 bits per heavy atom. The maximum Gasteiger partial charge on any atom is 0.316 e. The second kappa shape index (κ2) is 8.01. The van der Waals surface area contributed by atoms with Crippen molar-refractivity contribution in [3.05, 3.63) is 12.7 Å². The lowest BCUT2D eigenvalue weighted by Crippen LogP contribution is -2.17. The molecule has 2 aromatic rings. The smallest absolute Gasteiger partial charge is 0.316 e. The van der Waals surface area contributed by atoms with Crippen LogP contribution in [0.4, 0.5) is 5.82 Å². The summed E-state index contributed by atoms with van der Waals surface area (Å²) in [6.07, 6.45) is 3.07. The monoisotopic (exact) mass is 318 g/mol. The number of hydrogen-bond acceptors (Lipinski definition) is 8. The van der Waals surface area contributed by atoms with Crippen molar-refractivity contribution in [2.75, 3.05) is 12.3 Å². The first-order valence-electron chi connectivity index (χ1n) is 6.00. The number of rotatable bonds is 7. The van der Waals surface area contributed by atoms with E-state index in [2.05, 4.69) is 15.0 Å². The third-order valence-electron chi connectivity index (χ3n) is 2.69. The minimum atomic E-state index is -2.95. The summed E-state index contributed by atoms with van der Waals surface area (Å²) >= 11 is 0. The first-order chi connectivity index (χ1) is 9.61. The van der Waals surface area contributed by atoms with Gasteiger partial charge in [0.15, 0.2) is 11.5 Å². The maximum atomic E-state index is 10.6. The van der Waals surface area contributed by atoms with Crippen LogP contribution >= 0.6 is 8.25 Å². The molecule has 118 valence electrons. The van der Waals surface area contributed by atoms with E-state index in [1.54, 1.807) is 10.9 Å². The van der Waals surface area contributed by atoms with Gasteiger partial charge in [0.05, 0.1) is 19.0 Å². The third kappa shape index (κ3) is 4.45. The highest BCUT2D eigenvalue weighted by atomic mass is 31.1. The van der Waals surface area contributed by atoms with E-state index in [9.17, 15) is 4.57 Å². The van der Waals surface area contributed by atoms with E-state index in [0.717, 1.165) is 0 Å². The number of hydrogen-bond donors (Lipinski definition) is 3. The standard InChI is InChI=1S/C10H16N5O4P.H3N/c1-2-7(19-20(16)17)3-18-6-15-5-14-8-9(11)12-4-13-10(8)15;/h4-5,7,20H,2-3,6H2,1H3,(H,16,17)(H2,11,12,13);1H3. The summed E-state index contributed by atoms with van der Waals surface area (Å²) in [4.78, 5) is 20.8. The molecule has 11 heteroatoms. The summed E-state index contributed by atoms with van der Waals surface area (Å²) < 4.78 is 22.6. The van der Waals surface area contributed by atoms with Gasteiger partial charge in [-0.1, -0.05) is 6.92 Å². The van der Waals surface area contributed by atoms with Crippen LogP contribution < -0.4 is 11.9 Å². The van der Waals surface area contributed by atoms with Gasteiger partial charge in [-0.15, -0.1) is 0 Å². The second-order valence-electron chi connectivity index (χ2n) is 4.06. The van der Waals surface area contributed by atoms with E-state index in [0.29, 0.717) is 23.4 Å². The molecular weight excluding hydrogens is 299 g/mol. The van der Waals surface area contributed by atoms with E-state index in [1.807, 2.05) is 6.92 Å². The number of fused-ring (bicyclic) bond motifs is 1. The SMILES string of the molecule is CCC(COCn1cnc2c(N)ncnc21)O[PH](=O)O.N. The predicted octanol–water partition coefficient (Wildman–Crippen LogP) is 0.722. The summed E-state index contributed by atoms with van der Waals surface area (Å²) in [5.74, 6) is 0.308. The molecule has 0 bridgehead atoms. The van der Waals surface area contributed by atoms with Crippen LogP contribution in [-0.4, -0.2) is 37.1 Å². The zero-order chi connectivity index (χ0) is 14.5. The van der Waals surface area contributed by atoms with Crippen molar-refractivity contribution in [3.63, 3.8) is 0 Å². The Morgan fingerprint density at radius 3 is 2.90 bits per heavy atom. The van der Waals surface area contributed by atoms with Crippen molar-refractivity contribution in [2.45, 2.75) is 26.2 Å². The maximum absolute atomic E-state index is 10.6. The van der Waals surface area contributed by atoms with Crippen molar-refractivity contribution in [2.24, 2.45) is 0 Å².